The number of thiocarbonyl (C=S) groups is 1. The molecular weight excluding hydrogens is 310 g/mol. The molecule has 0 spiro atoms. The van der Waals surface area contributed by atoms with E-state index in [2.05, 4.69) is 10.2 Å². The molecule has 118 valence electrons. The molecule has 0 aromatic rings. The maximum atomic E-state index is 11.7. The van der Waals surface area contributed by atoms with E-state index in [1.807, 2.05) is 4.90 Å². The molecule has 0 aromatic heterocycles. The van der Waals surface area contributed by atoms with Crippen molar-refractivity contribution >= 4 is 40.2 Å². The molecule has 0 radical (unpaired) electrons. The number of carboxylic acids is 1. The largest absolute Gasteiger partial charge is 0.480 e. The zero-order valence-corrected chi connectivity index (χ0v) is 13.5. The van der Waals surface area contributed by atoms with Crippen molar-refractivity contribution in [3.63, 3.8) is 0 Å². The van der Waals surface area contributed by atoms with Crippen LogP contribution in [0, 0.1) is 0 Å². The number of hydrogen-bond acceptors (Lipinski definition) is 5. The van der Waals surface area contributed by atoms with E-state index >= 15 is 0 Å². The highest BCUT2D eigenvalue weighted by Gasteiger charge is 2.29. The monoisotopic (exact) mass is 331 g/mol. The first-order chi connectivity index (χ1) is 10.1. The van der Waals surface area contributed by atoms with Crippen LogP contribution in [0.3, 0.4) is 0 Å². The fourth-order valence-corrected chi connectivity index (χ4v) is 3.93. The zero-order chi connectivity index (χ0) is 15.2. The van der Waals surface area contributed by atoms with Gasteiger partial charge in [0, 0.05) is 6.04 Å². The van der Waals surface area contributed by atoms with Crippen molar-refractivity contribution in [1.29, 1.82) is 0 Å². The molecule has 1 aliphatic carbocycles. The Morgan fingerprint density at radius 3 is 2.71 bits per heavy atom. The molecule has 1 aliphatic heterocycles. The predicted molar refractivity (Wildman–Crippen MR) is 86.0 cm³/mol. The summed E-state index contributed by atoms with van der Waals surface area (Å²) in [5.74, 6) is -0.599. The molecule has 2 aliphatic rings. The number of carbonyl (C=O) groups is 2. The van der Waals surface area contributed by atoms with Crippen LogP contribution in [0.25, 0.3) is 0 Å². The Hall–Kier alpha value is -0.860. The maximum Gasteiger partial charge on any atom is 0.322 e. The van der Waals surface area contributed by atoms with Gasteiger partial charge in [0.15, 0.2) is 0 Å². The third-order valence-corrected chi connectivity index (χ3v) is 5.34. The molecule has 1 saturated carbocycles. The molecule has 0 unspecified atom stereocenters. The van der Waals surface area contributed by atoms with E-state index < -0.39 is 5.97 Å². The van der Waals surface area contributed by atoms with Gasteiger partial charge < -0.3 is 15.3 Å². The molecule has 2 N–H and O–H groups in total. The normalized spacial score (nSPS) is 21.3. The van der Waals surface area contributed by atoms with Gasteiger partial charge in [-0.1, -0.05) is 43.2 Å². The SMILES string of the molecule is O=C(O)CNC(=O)CN1CSC(=S)N(C2CCCCC2)C1. The number of amides is 1. The van der Waals surface area contributed by atoms with Crippen molar-refractivity contribution < 1.29 is 14.7 Å². The third kappa shape index (κ3) is 5.12. The van der Waals surface area contributed by atoms with Gasteiger partial charge in [0.2, 0.25) is 5.91 Å². The lowest BCUT2D eigenvalue weighted by atomic mass is 9.95. The lowest BCUT2D eigenvalue weighted by Gasteiger charge is -2.42. The first-order valence-electron chi connectivity index (χ1n) is 7.20. The van der Waals surface area contributed by atoms with Gasteiger partial charge >= 0.3 is 5.97 Å². The Morgan fingerprint density at radius 2 is 2.05 bits per heavy atom. The van der Waals surface area contributed by atoms with Crippen molar-refractivity contribution in [2.24, 2.45) is 0 Å². The van der Waals surface area contributed by atoms with Gasteiger partial charge in [-0.2, -0.15) is 0 Å². The van der Waals surface area contributed by atoms with E-state index in [-0.39, 0.29) is 19.0 Å². The molecule has 2 fully saturated rings. The molecular formula is C13H21N3O3S2. The van der Waals surface area contributed by atoms with Crippen LogP contribution in [0.5, 0.6) is 0 Å². The second kappa shape index (κ2) is 7.95. The summed E-state index contributed by atoms with van der Waals surface area (Å²) in [4.78, 5) is 26.4. The average molecular weight is 331 g/mol. The predicted octanol–water partition coefficient (Wildman–Crippen LogP) is 1.07. The highest BCUT2D eigenvalue weighted by atomic mass is 32.2. The van der Waals surface area contributed by atoms with E-state index in [1.54, 1.807) is 11.8 Å². The van der Waals surface area contributed by atoms with E-state index in [0.717, 1.165) is 4.32 Å². The summed E-state index contributed by atoms with van der Waals surface area (Å²) in [6.45, 7) is 0.549. The number of thioether (sulfide) groups is 1. The molecule has 0 atom stereocenters. The van der Waals surface area contributed by atoms with E-state index in [4.69, 9.17) is 17.3 Å². The lowest BCUT2D eigenvalue weighted by Crippen LogP contribution is -2.52. The minimum Gasteiger partial charge on any atom is -0.480 e. The highest BCUT2D eigenvalue weighted by molar-refractivity contribution is 8.22. The summed E-state index contributed by atoms with van der Waals surface area (Å²) in [6.07, 6.45) is 6.12. The Labute approximate surface area is 134 Å². The second-order valence-electron chi connectivity index (χ2n) is 5.44. The molecule has 6 nitrogen and oxygen atoms in total. The van der Waals surface area contributed by atoms with Gasteiger partial charge in [0.05, 0.1) is 19.1 Å². The van der Waals surface area contributed by atoms with Crippen LogP contribution in [0.1, 0.15) is 32.1 Å². The van der Waals surface area contributed by atoms with Crippen molar-refractivity contribution in [1.82, 2.24) is 15.1 Å². The molecule has 1 heterocycles. The van der Waals surface area contributed by atoms with Gasteiger partial charge in [0.1, 0.15) is 10.9 Å². The Morgan fingerprint density at radius 1 is 1.33 bits per heavy atom. The van der Waals surface area contributed by atoms with Crippen molar-refractivity contribution in [3.05, 3.63) is 0 Å². The molecule has 21 heavy (non-hydrogen) atoms. The van der Waals surface area contributed by atoms with Crippen LogP contribution in [0.15, 0.2) is 0 Å². The van der Waals surface area contributed by atoms with Gasteiger partial charge in [0.25, 0.3) is 0 Å². The molecule has 1 amide bonds. The van der Waals surface area contributed by atoms with E-state index in [1.165, 1.54) is 32.1 Å². The van der Waals surface area contributed by atoms with Gasteiger partial charge in [-0.3, -0.25) is 14.5 Å². The Kier molecular flexibility index (Phi) is 6.25. The first kappa shape index (κ1) is 16.5. The minimum absolute atomic E-state index is 0.214. The summed E-state index contributed by atoms with van der Waals surface area (Å²) >= 11 is 7.03. The Balaban J connectivity index is 1.83. The summed E-state index contributed by atoms with van der Waals surface area (Å²) in [7, 11) is 0. The smallest absolute Gasteiger partial charge is 0.322 e. The maximum absolute atomic E-state index is 11.7. The molecule has 2 rings (SSSR count). The van der Waals surface area contributed by atoms with Gasteiger partial charge in [-0.25, -0.2) is 0 Å². The van der Waals surface area contributed by atoms with Crippen LogP contribution < -0.4 is 5.32 Å². The average Bonchev–Trinajstić information content (AvgIpc) is 2.48. The number of aliphatic carboxylic acids is 1. The number of carboxylic acid groups (broad SMARTS) is 1. The van der Waals surface area contributed by atoms with Crippen LogP contribution in [0.4, 0.5) is 0 Å². The summed E-state index contributed by atoms with van der Waals surface area (Å²) in [5.41, 5.74) is 0. The van der Waals surface area contributed by atoms with Gasteiger partial charge in [-0.05, 0) is 12.8 Å². The zero-order valence-electron chi connectivity index (χ0n) is 11.9. The topological polar surface area (TPSA) is 72.9 Å². The van der Waals surface area contributed by atoms with Crippen molar-refractivity contribution in [2.45, 2.75) is 38.1 Å². The van der Waals surface area contributed by atoms with Crippen LogP contribution in [-0.4, -0.2) is 62.8 Å². The van der Waals surface area contributed by atoms with Crippen molar-refractivity contribution in [2.75, 3.05) is 25.6 Å². The first-order valence-corrected chi connectivity index (χ1v) is 8.60. The highest BCUT2D eigenvalue weighted by Crippen LogP contribution is 2.28. The second-order valence-corrected chi connectivity index (χ2v) is 7.02. The fourth-order valence-electron chi connectivity index (χ4n) is 2.73. The van der Waals surface area contributed by atoms with Crippen LogP contribution in [-0.2, 0) is 9.59 Å². The quantitative estimate of drug-likeness (QED) is 0.730. The number of nitrogens with one attached hydrogen (secondary N) is 1. The van der Waals surface area contributed by atoms with E-state index in [9.17, 15) is 9.59 Å². The van der Waals surface area contributed by atoms with Crippen LogP contribution in [0.2, 0.25) is 0 Å². The van der Waals surface area contributed by atoms with Gasteiger partial charge in [-0.15, -0.1) is 0 Å². The van der Waals surface area contributed by atoms with E-state index in [0.29, 0.717) is 18.6 Å². The number of carbonyl (C=O) groups excluding carboxylic acids is 1. The third-order valence-electron chi connectivity index (χ3n) is 3.78. The number of nitrogens with zero attached hydrogens (tertiary/aromatic N) is 2. The molecule has 0 aromatic carbocycles. The summed E-state index contributed by atoms with van der Waals surface area (Å²) in [5, 5.41) is 11.0. The van der Waals surface area contributed by atoms with Crippen molar-refractivity contribution in [3.8, 4) is 0 Å². The molecule has 0 bridgehead atoms. The summed E-state index contributed by atoms with van der Waals surface area (Å²) in [6, 6.07) is 0.489. The number of hydrogen-bond donors (Lipinski definition) is 2. The minimum atomic E-state index is -1.03. The number of rotatable bonds is 5. The van der Waals surface area contributed by atoms with Crippen LogP contribution >= 0.6 is 24.0 Å². The standard InChI is InChI=1S/C13H21N3O3S2/c17-11(14-6-12(18)19)7-15-8-16(13(20)21-9-15)10-4-2-1-3-5-10/h10H,1-9H2,(H,14,17)(H,18,19). The fraction of sp³-hybridized carbons (Fsp3) is 0.769. The Bertz CT molecular complexity index is 413. The molecule has 1 saturated heterocycles. The summed E-state index contributed by atoms with van der Waals surface area (Å²) < 4.78 is 0.920. The molecule has 8 heteroatoms. The lowest BCUT2D eigenvalue weighted by molar-refractivity contribution is -0.138.